The van der Waals surface area contributed by atoms with E-state index in [1.807, 2.05) is 36.1 Å². The number of amides is 1. The largest absolute Gasteiger partial charge is 0.449 e. The predicted octanol–water partition coefficient (Wildman–Crippen LogP) is 5.14. The highest BCUT2D eigenvalue weighted by Gasteiger charge is 2.41. The van der Waals surface area contributed by atoms with Crippen molar-refractivity contribution in [3.05, 3.63) is 36.2 Å². The van der Waals surface area contributed by atoms with E-state index in [0.29, 0.717) is 12.4 Å². The van der Waals surface area contributed by atoms with Gasteiger partial charge in [0.2, 0.25) is 0 Å². The van der Waals surface area contributed by atoms with Crippen LogP contribution in [0.4, 0.5) is 22.2 Å². The number of aromatic amines is 1. The molecule has 2 fully saturated rings. The zero-order chi connectivity index (χ0) is 23.5. The highest BCUT2D eigenvalue weighted by Crippen LogP contribution is 2.36. The Bertz CT molecular complexity index is 1130. The van der Waals surface area contributed by atoms with Crippen molar-refractivity contribution >= 4 is 34.4 Å². The number of hydrogen-bond donors (Lipinski definition) is 3. The molecule has 3 aromatic rings. The average Bonchev–Trinajstić information content (AvgIpc) is 3.23. The zero-order valence-electron chi connectivity index (χ0n) is 19.9. The molecule has 1 amide bonds. The van der Waals surface area contributed by atoms with E-state index in [2.05, 4.69) is 32.7 Å². The molecule has 9 nitrogen and oxygen atoms in total. The Balaban J connectivity index is 1.34. The number of unbranched alkanes of at least 4 members (excludes halogenated alkanes) is 1. The van der Waals surface area contributed by atoms with Crippen molar-refractivity contribution in [3.8, 4) is 0 Å². The molecule has 2 saturated heterocycles. The number of aryl methyl sites for hydroxylation is 1. The van der Waals surface area contributed by atoms with E-state index in [1.165, 1.54) is 0 Å². The maximum absolute atomic E-state index is 12.8. The molecule has 3 atom stereocenters. The van der Waals surface area contributed by atoms with E-state index in [-0.39, 0.29) is 24.2 Å². The maximum atomic E-state index is 12.8. The van der Waals surface area contributed by atoms with Crippen molar-refractivity contribution in [1.29, 1.82) is 0 Å². The van der Waals surface area contributed by atoms with Crippen LogP contribution in [0.3, 0.4) is 0 Å². The lowest BCUT2D eigenvalue weighted by atomic mass is 9.82. The molecule has 5 heterocycles. The Morgan fingerprint density at radius 3 is 2.79 bits per heavy atom. The highest BCUT2D eigenvalue weighted by atomic mass is 16.6. The number of anilines is 3. The normalized spacial score (nSPS) is 21.9. The average molecular weight is 464 g/mol. The van der Waals surface area contributed by atoms with Gasteiger partial charge in [-0.1, -0.05) is 13.3 Å². The van der Waals surface area contributed by atoms with Gasteiger partial charge >= 0.3 is 6.09 Å². The van der Waals surface area contributed by atoms with Crippen molar-refractivity contribution in [2.24, 2.45) is 0 Å². The van der Waals surface area contributed by atoms with Gasteiger partial charge in [0.25, 0.3) is 0 Å². The van der Waals surface area contributed by atoms with Crippen LogP contribution in [0.25, 0.3) is 10.9 Å². The molecule has 0 radical (unpaired) electrons. The Kier molecular flexibility index (Phi) is 6.51. The van der Waals surface area contributed by atoms with E-state index in [1.54, 1.807) is 6.20 Å². The third kappa shape index (κ3) is 4.78. The van der Waals surface area contributed by atoms with E-state index in [0.717, 1.165) is 73.2 Å². The summed E-state index contributed by atoms with van der Waals surface area (Å²) in [5, 5.41) is 15.2. The summed E-state index contributed by atoms with van der Waals surface area (Å²) in [6.07, 6.45) is 8.56. The Morgan fingerprint density at radius 1 is 1.24 bits per heavy atom. The van der Waals surface area contributed by atoms with E-state index < -0.39 is 0 Å². The predicted molar refractivity (Wildman–Crippen MR) is 132 cm³/mol. The summed E-state index contributed by atoms with van der Waals surface area (Å²) in [6, 6.07) is 8.49. The molecule has 2 aliphatic rings. The fourth-order valence-corrected chi connectivity index (χ4v) is 5.23. The maximum Gasteiger partial charge on any atom is 0.410 e. The summed E-state index contributed by atoms with van der Waals surface area (Å²) in [7, 11) is 0. The van der Waals surface area contributed by atoms with Crippen LogP contribution in [0.1, 0.15) is 57.6 Å². The molecular formula is C25H33N7O2. The van der Waals surface area contributed by atoms with Gasteiger partial charge in [0, 0.05) is 47.5 Å². The van der Waals surface area contributed by atoms with Crippen molar-refractivity contribution < 1.29 is 9.53 Å². The molecule has 3 N–H and O–H groups in total. The van der Waals surface area contributed by atoms with Gasteiger partial charge in [-0.05, 0) is 57.6 Å². The molecule has 9 heteroatoms. The second-order valence-corrected chi connectivity index (χ2v) is 9.41. The second kappa shape index (κ2) is 9.87. The zero-order valence-corrected chi connectivity index (χ0v) is 19.9. The fourth-order valence-electron chi connectivity index (χ4n) is 5.23. The summed E-state index contributed by atoms with van der Waals surface area (Å²) in [6.45, 7) is 4.57. The SMILES string of the molecule is CCCCOC(=O)N1[C@@H]2CCC[C@H]1CC(Nc1nc(Nc3cc(C)[nH]n3)cc3ncccc13)C2. The van der Waals surface area contributed by atoms with E-state index in [4.69, 9.17) is 9.72 Å². The van der Waals surface area contributed by atoms with Gasteiger partial charge in [0.05, 0.1) is 12.1 Å². The standard InChI is InChI=1S/C25H33N7O2/c1-3-4-11-34-25(33)32-18-7-5-8-19(32)14-17(13-18)27-24-20-9-6-10-26-21(20)15-22(29-24)28-23-12-16(2)30-31-23/h6,9-10,12,15,17-19H,3-5,7-8,11,13-14H2,1-2H3,(H3,27,28,29,30,31)/t17?,18-,19+. The molecule has 3 aromatic heterocycles. The van der Waals surface area contributed by atoms with Gasteiger partial charge in [0.15, 0.2) is 5.82 Å². The number of nitrogens with zero attached hydrogens (tertiary/aromatic N) is 4. The first kappa shape index (κ1) is 22.4. The Morgan fingerprint density at radius 2 is 2.06 bits per heavy atom. The molecule has 1 unspecified atom stereocenters. The first-order chi connectivity index (χ1) is 16.6. The Hall–Kier alpha value is -3.36. The number of pyridine rings is 2. The number of carbonyl (C=O) groups is 1. The Labute approximate surface area is 199 Å². The van der Waals surface area contributed by atoms with Gasteiger partial charge in [0.1, 0.15) is 11.6 Å². The number of rotatable bonds is 7. The molecule has 2 bridgehead atoms. The van der Waals surface area contributed by atoms with Gasteiger partial charge < -0.3 is 20.3 Å². The molecule has 0 spiro atoms. The molecule has 0 aliphatic carbocycles. The lowest BCUT2D eigenvalue weighted by Gasteiger charge is -2.48. The van der Waals surface area contributed by atoms with Crippen molar-refractivity contribution in [2.75, 3.05) is 17.2 Å². The lowest BCUT2D eigenvalue weighted by molar-refractivity contribution is 0.0194. The summed E-state index contributed by atoms with van der Waals surface area (Å²) in [5.41, 5.74) is 1.85. The molecule has 2 aliphatic heterocycles. The third-order valence-corrected chi connectivity index (χ3v) is 6.81. The van der Waals surface area contributed by atoms with Crippen LogP contribution >= 0.6 is 0 Å². The van der Waals surface area contributed by atoms with Crippen LogP contribution in [0.2, 0.25) is 0 Å². The lowest BCUT2D eigenvalue weighted by Crippen LogP contribution is -2.57. The molecule has 5 rings (SSSR count). The highest BCUT2D eigenvalue weighted by molar-refractivity contribution is 5.91. The van der Waals surface area contributed by atoms with Gasteiger partial charge in [-0.3, -0.25) is 10.1 Å². The van der Waals surface area contributed by atoms with Gasteiger partial charge in [-0.25, -0.2) is 9.78 Å². The molecular weight excluding hydrogens is 430 g/mol. The van der Waals surface area contributed by atoms with Crippen LogP contribution in [0.5, 0.6) is 0 Å². The van der Waals surface area contributed by atoms with E-state index in [9.17, 15) is 4.79 Å². The number of nitrogens with one attached hydrogen (secondary N) is 3. The summed E-state index contributed by atoms with van der Waals surface area (Å²) >= 11 is 0. The van der Waals surface area contributed by atoms with Crippen LogP contribution in [0, 0.1) is 6.92 Å². The number of carbonyl (C=O) groups excluding carboxylic acids is 1. The van der Waals surface area contributed by atoms with Gasteiger partial charge in [-0.15, -0.1) is 0 Å². The molecule has 0 saturated carbocycles. The number of hydrogen-bond acceptors (Lipinski definition) is 7. The van der Waals surface area contributed by atoms with Crippen LogP contribution in [-0.2, 0) is 4.74 Å². The molecule has 0 aromatic carbocycles. The number of piperidine rings is 2. The monoisotopic (exact) mass is 463 g/mol. The number of H-pyrrole nitrogens is 1. The molecule has 180 valence electrons. The summed E-state index contributed by atoms with van der Waals surface area (Å²) < 4.78 is 5.57. The smallest absolute Gasteiger partial charge is 0.410 e. The minimum atomic E-state index is -0.144. The van der Waals surface area contributed by atoms with Crippen molar-refractivity contribution in [3.63, 3.8) is 0 Å². The topological polar surface area (TPSA) is 108 Å². The minimum Gasteiger partial charge on any atom is -0.449 e. The quantitative estimate of drug-likeness (QED) is 0.416. The van der Waals surface area contributed by atoms with Crippen molar-refractivity contribution in [1.82, 2.24) is 25.1 Å². The van der Waals surface area contributed by atoms with Crippen molar-refractivity contribution in [2.45, 2.75) is 76.9 Å². The first-order valence-corrected chi connectivity index (χ1v) is 12.4. The summed E-state index contributed by atoms with van der Waals surface area (Å²) in [5.74, 6) is 2.22. The first-order valence-electron chi connectivity index (χ1n) is 12.4. The minimum absolute atomic E-state index is 0.144. The molecule has 34 heavy (non-hydrogen) atoms. The fraction of sp³-hybridized carbons (Fsp3) is 0.520. The van der Waals surface area contributed by atoms with Crippen LogP contribution in [-0.4, -0.2) is 55.9 Å². The second-order valence-electron chi connectivity index (χ2n) is 9.41. The van der Waals surface area contributed by atoms with E-state index >= 15 is 0 Å². The van der Waals surface area contributed by atoms with Gasteiger partial charge in [-0.2, -0.15) is 5.10 Å². The number of fused-ring (bicyclic) bond motifs is 3. The third-order valence-electron chi connectivity index (χ3n) is 6.81. The number of aromatic nitrogens is 4. The summed E-state index contributed by atoms with van der Waals surface area (Å²) in [4.78, 5) is 24.2. The van der Waals surface area contributed by atoms with Crippen LogP contribution in [0.15, 0.2) is 30.5 Å². The number of ether oxygens (including phenoxy) is 1. The van der Waals surface area contributed by atoms with Crippen LogP contribution < -0.4 is 10.6 Å².